The number of rotatable bonds is 4. The maximum Gasteiger partial charge on any atom is 0.417 e. The Labute approximate surface area is 188 Å². The quantitative estimate of drug-likeness (QED) is 0.709. The molecule has 1 aromatic carbocycles. The topological polar surface area (TPSA) is 82.6 Å². The summed E-state index contributed by atoms with van der Waals surface area (Å²) in [5.41, 5.74) is -1.72. The van der Waals surface area contributed by atoms with Gasteiger partial charge in [-0.1, -0.05) is 12.1 Å². The van der Waals surface area contributed by atoms with Gasteiger partial charge in [0.2, 0.25) is 0 Å². The third-order valence-corrected chi connectivity index (χ3v) is 6.45. The average Bonchev–Trinajstić information content (AvgIpc) is 3.02. The Morgan fingerprint density at radius 1 is 1.12 bits per heavy atom. The van der Waals surface area contributed by atoms with E-state index in [-0.39, 0.29) is 37.0 Å². The number of carbonyl (C=O) groups excluding carboxylic acids is 3. The van der Waals surface area contributed by atoms with E-state index in [4.69, 9.17) is 0 Å². The molecule has 4 rings (SSSR count). The predicted octanol–water partition coefficient (Wildman–Crippen LogP) is 3.46. The van der Waals surface area contributed by atoms with Crippen LogP contribution < -0.4 is 5.32 Å². The second-order valence-corrected chi connectivity index (χ2v) is 8.49. The zero-order valence-electron chi connectivity index (χ0n) is 17.9. The van der Waals surface area contributed by atoms with Gasteiger partial charge in [-0.15, -0.1) is 0 Å². The lowest BCUT2D eigenvalue weighted by Crippen LogP contribution is -2.54. The molecular formula is C23H23F3N4O3. The number of alkyl halides is 3. The third-order valence-electron chi connectivity index (χ3n) is 6.45. The van der Waals surface area contributed by atoms with E-state index in [0.29, 0.717) is 12.8 Å². The molecule has 4 amide bonds. The van der Waals surface area contributed by atoms with Crippen LogP contribution in [0, 0.1) is 5.92 Å². The van der Waals surface area contributed by atoms with Crippen LogP contribution in [0.1, 0.15) is 41.3 Å². The van der Waals surface area contributed by atoms with Crippen molar-refractivity contribution in [3.63, 3.8) is 0 Å². The van der Waals surface area contributed by atoms with Gasteiger partial charge in [0.25, 0.3) is 11.8 Å². The number of halogens is 3. The molecule has 0 saturated carbocycles. The minimum atomic E-state index is -4.63. The molecule has 1 atom stereocenters. The molecule has 1 aromatic heterocycles. The molecule has 10 heteroatoms. The number of urea groups is 1. The van der Waals surface area contributed by atoms with E-state index in [9.17, 15) is 27.6 Å². The first-order chi connectivity index (χ1) is 15.6. The lowest BCUT2D eigenvalue weighted by Gasteiger charge is -2.39. The van der Waals surface area contributed by atoms with Crippen LogP contribution in [0.3, 0.4) is 0 Å². The van der Waals surface area contributed by atoms with Crippen molar-refractivity contribution in [2.24, 2.45) is 5.92 Å². The van der Waals surface area contributed by atoms with Gasteiger partial charge in [-0.05, 0) is 55.5 Å². The molecule has 2 fully saturated rings. The molecule has 2 aliphatic rings. The van der Waals surface area contributed by atoms with E-state index in [0.717, 1.165) is 16.5 Å². The molecule has 2 aliphatic heterocycles. The Hall–Kier alpha value is -3.43. The van der Waals surface area contributed by atoms with Gasteiger partial charge in [-0.2, -0.15) is 13.2 Å². The third kappa shape index (κ3) is 4.29. The maximum absolute atomic E-state index is 13.3. The highest BCUT2D eigenvalue weighted by atomic mass is 19.4. The Kier molecular flexibility index (Phi) is 5.85. The summed E-state index contributed by atoms with van der Waals surface area (Å²) in [5.74, 6) is -1.29. The predicted molar refractivity (Wildman–Crippen MR) is 112 cm³/mol. The van der Waals surface area contributed by atoms with Gasteiger partial charge in [0.1, 0.15) is 5.54 Å². The summed E-state index contributed by atoms with van der Waals surface area (Å²) < 4.78 is 39.9. The molecule has 2 aromatic rings. The largest absolute Gasteiger partial charge is 0.417 e. The summed E-state index contributed by atoms with van der Waals surface area (Å²) in [4.78, 5) is 45.0. The number of piperidine rings is 1. The van der Waals surface area contributed by atoms with Crippen molar-refractivity contribution < 1.29 is 27.6 Å². The van der Waals surface area contributed by atoms with E-state index >= 15 is 0 Å². The molecular weight excluding hydrogens is 437 g/mol. The van der Waals surface area contributed by atoms with Crippen LogP contribution in [-0.2, 0) is 17.5 Å². The molecule has 1 N–H and O–H groups in total. The van der Waals surface area contributed by atoms with Gasteiger partial charge >= 0.3 is 12.2 Å². The number of aromatic nitrogens is 1. The number of nitrogens with zero attached hydrogens (tertiary/aromatic N) is 3. The average molecular weight is 460 g/mol. The van der Waals surface area contributed by atoms with Crippen LogP contribution in [0.2, 0.25) is 0 Å². The van der Waals surface area contributed by atoms with Crippen molar-refractivity contribution in [1.82, 2.24) is 20.1 Å². The number of benzene rings is 1. The van der Waals surface area contributed by atoms with Crippen LogP contribution in [0.15, 0.2) is 48.8 Å². The smallest absolute Gasteiger partial charge is 0.339 e. The molecule has 1 unspecified atom stereocenters. The monoisotopic (exact) mass is 460 g/mol. The number of nitrogens with one attached hydrogen (secondary N) is 1. The van der Waals surface area contributed by atoms with Crippen LogP contribution in [0.5, 0.6) is 0 Å². The van der Waals surface area contributed by atoms with Crippen molar-refractivity contribution in [3.05, 3.63) is 65.5 Å². The lowest BCUT2D eigenvalue weighted by molar-refractivity contribution is -0.138. The standard InChI is InChI=1S/C23H23F3N4O3/c1-22(20(32)30(21(33)28-22)14-15-6-10-27-11-7-15)16-8-12-29(13-9-16)19(31)17-4-2-3-5-18(17)23(24,25)26/h2-7,10-11,16H,8-9,12-14H2,1H3,(H,28,33). The Morgan fingerprint density at radius 2 is 1.76 bits per heavy atom. The molecule has 0 spiro atoms. The van der Waals surface area contributed by atoms with Crippen molar-refractivity contribution in [3.8, 4) is 0 Å². The number of hydrogen-bond donors (Lipinski definition) is 1. The first-order valence-corrected chi connectivity index (χ1v) is 10.6. The fourth-order valence-electron chi connectivity index (χ4n) is 4.55. The highest BCUT2D eigenvalue weighted by Gasteiger charge is 2.53. The molecule has 33 heavy (non-hydrogen) atoms. The number of amides is 4. The summed E-state index contributed by atoms with van der Waals surface area (Å²) in [7, 11) is 0. The van der Waals surface area contributed by atoms with Crippen LogP contribution in [0.4, 0.5) is 18.0 Å². The molecule has 3 heterocycles. The molecule has 174 valence electrons. The molecule has 0 aliphatic carbocycles. The zero-order chi connectivity index (χ0) is 23.8. The first kappa shape index (κ1) is 22.8. The van der Waals surface area contributed by atoms with Crippen LogP contribution >= 0.6 is 0 Å². The summed E-state index contributed by atoms with van der Waals surface area (Å²) in [6.07, 6.45) is -0.707. The number of imide groups is 1. The Balaban J connectivity index is 1.44. The van der Waals surface area contributed by atoms with E-state index in [1.54, 1.807) is 31.5 Å². The lowest BCUT2D eigenvalue weighted by atomic mass is 9.78. The van der Waals surface area contributed by atoms with Gasteiger partial charge in [0.15, 0.2) is 0 Å². The molecule has 2 saturated heterocycles. The van der Waals surface area contributed by atoms with E-state index in [2.05, 4.69) is 10.3 Å². The fraction of sp³-hybridized carbons (Fsp3) is 0.391. The van der Waals surface area contributed by atoms with Gasteiger partial charge in [0.05, 0.1) is 17.7 Å². The van der Waals surface area contributed by atoms with Crippen molar-refractivity contribution in [2.75, 3.05) is 13.1 Å². The van der Waals surface area contributed by atoms with Crippen LogP contribution in [-0.4, -0.2) is 51.3 Å². The molecule has 7 nitrogen and oxygen atoms in total. The fourth-order valence-corrected chi connectivity index (χ4v) is 4.55. The van der Waals surface area contributed by atoms with E-state index < -0.39 is 29.2 Å². The highest BCUT2D eigenvalue weighted by molar-refractivity contribution is 6.07. The maximum atomic E-state index is 13.3. The Morgan fingerprint density at radius 3 is 2.39 bits per heavy atom. The highest BCUT2D eigenvalue weighted by Crippen LogP contribution is 2.36. The number of carbonyl (C=O) groups is 3. The van der Waals surface area contributed by atoms with E-state index in [1.165, 1.54) is 23.1 Å². The van der Waals surface area contributed by atoms with Crippen molar-refractivity contribution in [1.29, 1.82) is 0 Å². The minimum absolute atomic E-state index is 0.119. The summed E-state index contributed by atoms with van der Waals surface area (Å²) in [5, 5.41) is 2.79. The van der Waals surface area contributed by atoms with Crippen molar-refractivity contribution in [2.45, 2.75) is 38.0 Å². The molecule has 0 bridgehead atoms. The summed E-state index contributed by atoms with van der Waals surface area (Å²) >= 11 is 0. The number of hydrogen-bond acceptors (Lipinski definition) is 4. The summed E-state index contributed by atoms with van der Waals surface area (Å²) in [6.45, 7) is 2.17. The summed E-state index contributed by atoms with van der Waals surface area (Å²) in [6, 6.07) is 7.68. The normalized spacial score (nSPS) is 21.9. The van der Waals surface area contributed by atoms with Gasteiger partial charge in [-0.25, -0.2) is 4.79 Å². The first-order valence-electron chi connectivity index (χ1n) is 10.6. The second-order valence-electron chi connectivity index (χ2n) is 8.49. The second kappa shape index (κ2) is 8.49. The SMILES string of the molecule is CC1(C2CCN(C(=O)c3ccccc3C(F)(F)F)CC2)NC(=O)N(Cc2ccncc2)C1=O. The van der Waals surface area contributed by atoms with Crippen LogP contribution in [0.25, 0.3) is 0 Å². The number of likely N-dealkylation sites (tertiary alicyclic amines) is 1. The van der Waals surface area contributed by atoms with Gasteiger partial charge in [-0.3, -0.25) is 19.5 Å². The van der Waals surface area contributed by atoms with Gasteiger partial charge < -0.3 is 10.2 Å². The number of pyridine rings is 1. The van der Waals surface area contributed by atoms with Gasteiger partial charge in [0, 0.05) is 25.5 Å². The molecule has 0 radical (unpaired) electrons. The van der Waals surface area contributed by atoms with E-state index in [1.807, 2.05) is 0 Å². The minimum Gasteiger partial charge on any atom is -0.339 e. The van der Waals surface area contributed by atoms with Crippen molar-refractivity contribution >= 4 is 17.8 Å². The Bertz CT molecular complexity index is 1070. The zero-order valence-corrected chi connectivity index (χ0v) is 17.9.